The highest BCUT2D eigenvalue weighted by atomic mass is 127. The molecule has 2 aromatic rings. The first-order valence-corrected chi connectivity index (χ1v) is 7.92. The van der Waals surface area contributed by atoms with E-state index in [0.29, 0.717) is 32.8 Å². The summed E-state index contributed by atoms with van der Waals surface area (Å²) in [5.74, 6) is 0.0865. The van der Waals surface area contributed by atoms with Crippen LogP contribution in [0.25, 0.3) is 10.9 Å². The van der Waals surface area contributed by atoms with Gasteiger partial charge in [0.25, 0.3) is 0 Å². The number of amidine groups is 1. The molecule has 1 saturated heterocycles. The molecule has 2 heterocycles. The molecule has 1 fully saturated rings. The maximum absolute atomic E-state index is 12.4. The van der Waals surface area contributed by atoms with Gasteiger partial charge in [-0.25, -0.2) is 0 Å². The van der Waals surface area contributed by atoms with Gasteiger partial charge in [0.05, 0.1) is 13.2 Å². The van der Waals surface area contributed by atoms with Gasteiger partial charge in [-0.1, -0.05) is 30.0 Å². The number of carbonyl (C=O) groups is 1. The number of nitrogens with one attached hydrogen (secondary N) is 1. The molecule has 0 unspecified atom stereocenters. The standard InChI is InChI=1S/C15H18N4O2S.HI/c16-15(17)22-13-9-19(12-4-2-1-3-11(12)13)10-14(20)18-5-7-21-8-6-18;/h1-4,9H,5-8,10H2,(H3,16,17);1H. The van der Waals surface area contributed by atoms with E-state index in [0.717, 1.165) is 15.8 Å². The number of carbonyl (C=O) groups excluding carboxylic acids is 1. The number of halogens is 1. The Hall–Kier alpha value is -1.26. The lowest BCUT2D eigenvalue weighted by molar-refractivity contribution is -0.135. The summed E-state index contributed by atoms with van der Waals surface area (Å²) in [4.78, 5) is 15.1. The summed E-state index contributed by atoms with van der Waals surface area (Å²) in [7, 11) is 0. The van der Waals surface area contributed by atoms with Crippen molar-refractivity contribution in [2.24, 2.45) is 5.73 Å². The number of hydrogen-bond donors (Lipinski definition) is 2. The van der Waals surface area contributed by atoms with Gasteiger partial charge in [-0.05, 0) is 6.07 Å². The number of hydrogen-bond acceptors (Lipinski definition) is 4. The smallest absolute Gasteiger partial charge is 0.242 e. The van der Waals surface area contributed by atoms with E-state index in [1.54, 1.807) is 0 Å². The summed E-state index contributed by atoms with van der Waals surface area (Å²) in [6.45, 7) is 2.78. The Morgan fingerprint density at radius 1 is 1.30 bits per heavy atom. The Morgan fingerprint density at radius 2 is 2.00 bits per heavy atom. The molecule has 0 aliphatic carbocycles. The van der Waals surface area contributed by atoms with E-state index in [9.17, 15) is 4.79 Å². The van der Waals surface area contributed by atoms with Crippen LogP contribution in [0.3, 0.4) is 0 Å². The van der Waals surface area contributed by atoms with E-state index in [4.69, 9.17) is 15.9 Å². The first-order valence-electron chi connectivity index (χ1n) is 7.10. The first kappa shape index (κ1) is 18.1. The second kappa shape index (κ2) is 8.02. The van der Waals surface area contributed by atoms with Gasteiger partial charge in [0.2, 0.25) is 5.91 Å². The lowest BCUT2D eigenvalue weighted by atomic mass is 10.2. The maximum atomic E-state index is 12.4. The summed E-state index contributed by atoms with van der Waals surface area (Å²) in [6, 6.07) is 7.85. The number of amides is 1. The monoisotopic (exact) mass is 446 g/mol. The van der Waals surface area contributed by atoms with Gasteiger partial charge in [-0.15, -0.1) is 24.0 Å². The maximum Gasteiger partial charge on any atom is 0.242 e. The molecule has 3 N–H and O–H groups in total. The summed E-state index contributed by atoms with van der Waals surface area (Å²) in [5, 5.41) is 8.52. The quantitative estimate of drug-likeness (QED) is 0.328. The van der Waals surface area contributed by atoms with E-state index in [1.807, 2.05) is 39.9 Å². The number of para-hydroxylation sites is 1. The van der Waals surface area contributed by atoms with Crippen molar-refractivity contribution in [1.29, 1.82) is 5.41 Å². The number of nitrogens with two attached hydrogens (primary N) is 1. The molecule has 3 rings (SSSR count). The van der Waals surface area contributed by atoms with Crippen LogP contribution < -0.4 is 5.73 Å². The number of morpholine rings is 1. The third-order valence-electron chi connectivity index (χ3n) is 3.64. The Kier molecular flexibility index (Phi) is 6.31. The molecule has 0 saturated carbocycles. The number of benzene rings is 1. The Bertz CT molecular complexity index is 713. The van der Waals surface area contributed by atoms with Crippen molar-refractivity contribution >= 4 is 57.7 Å². The van der Waals surface area contributed by atoms with Gasteiger partial charge < -0.3 is 19.9 Å². The van der Waals surface area contributed by atoms with Crippen LogP contribution in [0.15, 0.2) is 35.4 Å². The zero-order valence-electron chi connectivity index (χ0n) is 12.5. The zero-order valence-corrected chi connectivity index (χ0v) is 15.7. The van der Waals surface area contributed by atoms with Crippen molar-refractivity contribution < 1.29 is 9.53 Å². The van der Waals surface area contributed by atoms with Gasteiger partial charge in [0.1, 0.15) is 6.54 Å². The van der Waals surface area contributed by atoms with Gasteiger partial charge in [0, 0.05) is 35.1 Å². The van der Waals surface area contributed by atoms with Gasteiger partial charge in [-0.3, -0.25) is 10.2 Å². The van der Waals surface area contributed by atoms with Crippen molar-refractivity contribution in [3.05, 3.63) is 30.5 Å². The second-order valence-corrected chi connectivity index (χ2v) is 6.18. The number of fused-ring (bicyclic) bond motifs is 1. The SMILES string of the molecule is I.N=C(N)Sc1cn(CC(=O)N2CCOCC2)c2ccccc12. The van der Waals surface area contributed by atoms with E-state index in [-0.39, 0.29) is 35.1 Å². The van der Waals surface area contributed by atoms with E-state index >= 15 is 0 Å². The molecular formula is C15H19IN4O2S. The molecule has 1 aromatic heterocycles. The molecule has 1 aromatic carbocycles. The average molecular weight is 446 g/mol. The number of aromatic nitrogens is 1. The molecule has 1 aliphatic rings. The van der Waals surface area contributed by atoms with Crippen molar-refractivity contribution in [3.63, 3.8) is 0 Å². The van der Waals surface area contributed by atoms with E-state index in [2.05, 4.69) is 0 Å². The molecule has 0 radical (unpaired) electrons. The van der Waals surface area contributed by atoms with Crippen molar-refractivity contribution in [1.82, 2.24) is 9.47 Å². The van der Waals surface area contributed by atoms with Crippen LogP contribution in [0.2, 0.25) is 0 Å². The zero-order chi connectivity index (χ0) is 15.5. The van der Waals surface area contributed by atoms with Crippen LogP contribution in [0, 0.1) is 5.41 Å². The fourth-order valence-corrected chi connectivity index (χ4v) is 3.30. The molecule has 0 bridgehead atoms. The van der Waals surface area contributed by atoms with Crippen LogP contribution in [0.1, 0.15) is 0 Å². The summed E-state index contributed by atoms with van der Waals surface area (Å²) in [5.41, 5.74) is 6.47. The predicted octanol–water partition coefficient (Wildman–Crippen LogP) is 2.10. The van der Waals surface area contributed by atoms with Gasteiger partial charge >= 0.3 is 0 Å². The van der Waals surface area contributed by atoms with Crippen LogP contribution >= 0.6 is 35.7 Å². The van der Waals surface area contributed by atoms with Crippen molar-refractivity contribution in [3.8, 4) is 0 Å². The third kappa shape index (κ3) is 4.18. The molecule has 1 aliphatic heterocycles. The molecule has 6 nitrogen and oxygen atoms in total. The first-order chi connectivity index (χ1) is 10.6. The molecule has 124 valence electrons. The fourth-order valence-electron chi connectivity index (χ4n) is 2.60. The van der Waals surface area contributed by atoms with Crippen LogP contribution in [0.4, 0.5) is 0 Å². The van der Waals surface area contributed by atoms with Crippen molar-refractivity contribution in [2.45, 2.75) is 11.4 Å². The molecule has 8 heteroatoms. The Balaban J connectivity index is 0.00000192. The highest BCUT2D eigenvalue weighted by molar-refractivity contribution is 14.0. The Labute approximate surface area is 155 Å². The number of rotatable bonds is 3. The largest absolute Gasteiger partial charge is 0.378 e. The molecular weight excluding hydrogens is 427 g/mol. The summed E-state index contributed by atoms with van der Waals surface area (Å²) < 4.78 is 7.21. The Morgan fingerprint density at radius 3 is 2.70 bits per heavy atom. The number of ether oxygens (including phenoxy) is 1. The lowest BCUT2D eigenvalue weighted by Gasteiger charge is -2.27. The van der Waals surface area contributed by atoms with Crippen LogP contribution in [-0.2, 0) is 16.1 Å². The van der Waals surface area contributed by atoms with Gasteiger partial charge in [-0.2, -0.15) is 0 Å². The number of nitrogens with zero attached hydrogens (tertiary/aromatic N) is 2. The minimum Gasteiger partial charge on any atom is -0.378 e. The fraction of sp³-hybridized carbons (Fsp3) is 0.333. The molecule has 1 amide bonds. The topological polar surface area (TPSA) is 84.3 Å². The predicted molar refractivity (Wildman–Crippen MR) is 103 cm³/mol. The summed E-state index contributed by atoms with van der Waals surface area (Å²) >= 11 is 1.21. The lowest BCUT2D eigenvalue weighted by Crippen LogP contribution is -2.42. The van der Waals surface area contributed by atoms with E-state index < -0.39 is 0 Å². The minimum atomic E-state index is 0. The van der Waals surface area contributed by atoms with E-state index in [1.165, 1.54) is 11.8 Å². The normalized spacial score (nSPS) is 14.5. The second-order valence-electron chi connectivity index (χ2n) is 5.10. The third-order valence-corrected chi connectivity index (χ3v) is 4.41. The molecule has 0 atom stereocenters. The van der Waals surface area contributed by atoms with Crippen LogP contribution in [0.5, 0.6) is 0 Å². The van der Waals surface area contributed by atoms with Gasteiger partial charge in [0.15, 0.2) is 5.17 Å². The highest BCUT2D eigenvalue weighted by Crippen LogP contribution is 2.29. The average Bonchev–Trinajstić information content (AvgIpc) is 2.86. The summed E-state index contributed by atoms with van der Waals surface area (Å²) in [6.07, 6.45) is 1.90. The molecule has 23 heavy (non-hydrogen) atoms. The van der Waals surface area contributed by atoms with Crippen LogP contribution in [-0.4, -0.2) is 46.8 Å². The molecule has 0 spiro atoms. The van der Waals surface area contributed by atoms with Crippen molar-refractivity contribution in [2.75, 3.05) is 26.3 Å². The minimum absolute atomic E-state index is 0. The highest BCUT2D eigenvalue weighted by Gasteiger charge is 2.18. The number of thioether (sulfide) groups is 1.